The third kappa shape index (κ3) is 17.6. The molecular formula is C19H38O4. The van der Waals surface area contributed by atoms with Crippen LogP contribution in [0.3, 0.4) is 0 Å². The molecule has 0 heterocycles. The van der Waals surface area contributed by atoms with Gasteiger partial charge in [0, 0.05) is 6.42 Å². The quantitative estimate of drug-likeness (QED) is 0.307. The van der Waals surface area contributed by atoms with Gasteiger partial charge < -0.3 is 14.9 Å². The van der Waals surface area contributed by atoms with Crippen molar-refractivity contribution in [3.63, 3.8) is 0 Å². The number of unbranched alkanes of at least 4 members (excludes halogenated alkanes) is 12. The van der Waals surface area contributed by atoms with Crippen LogP contribution in [-0.2, 0) is 9.53 Å². The molecule has 0 radical (unpaired) electrons. The van der Waals surface area contributed by atoms with Gasteiger partial charge >= 0.3 is 5.97 Å². The minimum atomic E-state index is -0.518. The van der Waals surface area contributed by atoms with Crippen molar-refractivity contribution in [2.75, 3.05) is 13.7 Å². The van der Waals surface area contributed by atoms with Crippen molar-refractivity contribution in [1.82, 2.24) is 0 Å². The van der Waals surface area contributed by atoms with E-state index in [1.165, 1.54) is 71.3 Å². The lowest BCUT2D eigenvalue weighted by molar-refractivity contribution is -0.140. The molecule has 23 heavy (non-hydrogen) atoms. The summed E-state index contributed by atoms with van der Waals surface area (Å²) in [5.74, 6) is -0.0884. The smallest absolute Gasteiger partial charge is 0.305 e. The maximum atomic E-state index is 10.9. The van der Waals surface area contributed by atoms with Crippen LogP contribution < -0.4 is 0 Å². The molecule has 0 aliphatic rings. The SMILES string of the molecule is COC(=O)CCCCCCCCCCCCCCC[C@@H](O)CO. The van der Waals surface area contributed by atoms with E-state index in [0.717, 1.165) is 25.7 Å². The molecule has 138 valence electrons. The number of aliphatic hydroxyl groups is 2. The third-order valence-electron chi connectivity index (χ3n) is 4.36. The molecule has 0 aromatic rings. The Morgan fingerprint density at radius 1 is 0.783 bits per heavy atom. The van der Waals surface area contributed by atoms with Crippen molar-refractivity contribution in [3.8, 4) is 0 Å². The van der Waals surface area contributed by atoms with Crippen molar-refractivity contribution in [3.05, 3.63) is 0 Å². The maximum absolute atomic E-state index is 10.9. The molecule has 0 aliphatic carbocycles. The molecule has 0 aliphatic heterocycles. The fourth-order valence-electron chi connectivity index (χ4n) is 2.79. The third-order valence-corrected chi connectivity index (χ3v) is 4.36. The van der Waals surface area contributed by atoms with Crippen LogP contribution in [0.1, 0.15) is 96.3 Å². The van der Waals surface area contributed by atoms with Crippen LogP contribution in [0.2, 0.25) is 0 Å². The lowest BCUT2D eigenvalue weighted by Crippen LogP contribution is -2.10. The van der Waals surface area contributed by atoms with Gasteiger partial charge in [-0.2, -0.15) is 0 Å². The van der Waals surface area contributed by atoms with Gasteiger partial charge in [-0.25, -0.2) is 0 Å². The highest BCUT2D eigenvalue weighted by Gasteiger charge is 2.01. The van der Waals surface area contributed by atoms with E-state index in [0.29, 0.717) is 6.42 Å². The van der Waals surface area contributed by atoms with E-state index in [1.54, 1.807) is 0 Å². The molecule has 0 bridgehead atoms. The lowest BCUT2D eigenvalue weighted by atomic mass is 10.0. The molecule has 0 rings (SSSR count). The summed E-state index contributed by atoms with van der Waals surface area (Å²) in [6.45, 7) is -0.106. The average Bonchev–Trinajstić information content (AvgIpc) is 2.57. The van der Waals surface area contributed by atoms with E-state index >= 15 is 0 Å². The molecule has 0 spiro atoms. The van der Waals surface area contributed by atoms with Gasteiger partial charge in [0.2, 0.25) is 0 Å². The van der Waals surface area contributed by atoms with Crippen LogP contribution >= 0.6 is 0 Å². The zero-order valence-corrected chi connectivity index (χ0v) is 15.1. The lowest BCUT2D eigenvalue weighted by Gasteiger charge is -2.06. The molecule has 0 fully saturated rings. The van der Waals surface area contributed by atoms with E-state index < -0.39 is 6.10 Å². The Morgan fingerprint density at radius 3 is 1.57 bits per heavy atom. The first-order valence-electron chi connectivity index (χ1n) is 9.56. The fraction of sp³-hybridized carbons (Fsp3) is 0.947. The molecular weight excluding hydrogens is 292 g/mol. The van der Waals surface area contributed by atoms with E-state index in [-0.39, 0.29) is 12.6 Å². The summed E-state index contributed by atoms with van der Waals surface area (Å²) in [4.78, 5) is 10.9. The fourth-order valence-corrected chi connectivity index (χ4v) is 2.79. The Balaban J connectivity index is 3.04. The van der Waals surface area contributed by atoms with Crippen LogP contribution in [-0.4, -0.2) is 36.0 Å². The first kappa shape index (κ1) is 22.4. The largest absolute Gasteiger partial charge is 0.469 e. The number of methoxy groups -OCH3 is 1. The Kier molecular flexibility index (Phi) is 17.3. The number of carbonyl (C=O) groups is 1. The van der Waals surface area contributed by atoms with Gasteiger partial charge in [-0.15, -0.1) is 0 Å². The Labute approximate surface area is 142 Å². The van der Waals surface area contributed by atoms with Crippen LogP contribution in [0.25, 0.3) is 0 Å². The van der Waals surface area contributed by atoms with Crippen LogP contribution in [0, 0.1) is 0 Å². The number of esters is 1. The summed E-state index contributed by atoms with van der Waals surface area (Å²) in [5.41, 5.74) is 0. The van der Waals surface area contributed by atoms with Gasteiger partial charge in [0.1, 0.15) is 0 Å². The molecule has 0 unspecified atom stereocenters. The summed E-state index contributed by atoms with van der Waals surface area (Å²) in [6, 6.07) is 0. The highest BCUT2D eigenvalue weighted by Crippen LogP contribution is 2.13. The summed E-state index contributed by atoms with van der Waals surface area (Å²) >= 11 is 0. The van der Waals surface area contributed by atoms with Gasteiger partial charge in [0.15, 0.2) is 0 Å². The first-order chi connectivity index (χ1) is 11.2. The van der Waals surface area contributed by atoms with Crippen molar-refractivity contribution in [2.45, 2.75) is 102 Å². The van der Waals surface area contributed by atoms with Gasteiger partial charge in [-0.1, -0.05) is 77.0 Å². The molecule has 1 atom stereocenters. The van der Waals surface area contributed by atoms with E-state index in [1.807, 2.05) is 0 Å². The summed E-state index contributed by atoms with van der Waals surface area (Å²) in [5, 5.41) is 17.9. The van der Waals surface area contributed by atoms with E-state index in [4.69, 9.17) is 5.11 Å². The molecule has 2 N–H and O–H groups in total. The maximum Gasteiger partial charge on any atom is 0.305 e. The highest BCUT2D eigenvalue weighted by molar-refractivity contribution is 5.68. The normalized spacial score (nSPS) is 12.3. The number of aliphatic hydroxyl groups excluding tert-OH is 2. The predicted molar refractivity (Wildman–Crippen MR) is 94.4 cm³/mol. The van der Waals surface area contributed by atoms with E-state index in [2.05, 4.69) is 4.74 Å². The second-order valence-electron chi connectivity index (χ2n) is 6.55. The van der Waals surface area contributed by atoms with Crippen molar-refractivity contribution in [2.24, 2.45) is 0 Å². The van der Waals surface area contributed by atoms with Crippen LogP contribution in [0.5, 0.6) is 0 Å². The van der Waals surface area contributed by atoms with Gasteiger partial charge in [0.05, 0.1) is 19.8 Å². The van der Waals surface area contributed by atoms with Crippen LogP contribution in [0.15, 0.2) is 0 Å². The number of hydrogen-bond acceptors (Lipinski definition) is 4. The number of carbonyl (C=O) groups excluding carboxylic acids is 1. The second-order valence-corrected chi connectivity index (χ2v) is 6.55. The monoisotopic (exact) mass is 330 g/mol. The Bertz CT molecular complexity index is 256. The number of rotatable bonds is 17. The summed E-state index contributed by atoms with van der Waals surface area (Å²) < 4.78 is 4.62. The average molecular weight is 331 g/mol. The zero-order valence-electron chi connectivity index (χ0n) is 15.1. The molecule has 4 heteroatoms. The first-order valence-corrected chi connectivity index (χ1v) is 9.56. The molecule has 0 aromatic heterocycles. The molecule has 4 nitrogen and oxygen atoms in total. The number of ether oxygens (including phenoxy) is 1. The Hall–Kier alpha value is -0.610. The van der Waals surface area contributed by atoms with Crippen LogP contribution in [0.4, 0.5) is 0 Å². The van der Waals surface area contributed by atoms with Gasteiger partial charge in [-0.05, 0) is 12.8 Å². The second kappa shape index (κ2) is 17.7. The topological polar surface area (TPSA) is 66.8 Å². The van der Waals surface area contributed by atoms with E-state index in [9.17, 15) is 9.90 Å². The molecule has 0 amide bonds. The Morgan fingerprint density at radius 2 is 1.17 bits per heavy atom. The minimum absolute atomic E-state index is 0.0884. The van der Waals surface area contributed by atoms with Crippen molar-refractivity contribution in [1.29, 1.82) is 0 Å². The minimum Gasteiger partial charge on any atom is -0.469 e. The van der Waals surface area contributed by atoms with Gasteiger partial charge in [-0.3, -0.25) is 4.79 Å². The zero-order chi connectivity index (χ0) is 17.2. The number of hydrogen-bond donors (Lipinski definition) is 2. The van der Waals surface area contributed by atoms with Gasteiger partial charge in [0.25, 0.3) is 0 Å². The molecule has 0 saturated heterocycles. The standard InChI is InChI=1S/C19H38O4/c1-23-19(22)16-14-12-10-8-6-4-2-3-5-7-9-11-13-15-18(21)17-20/h18,20-21H,2-17H2,1H3/t18-/m1/s1. The summed E-state index contributed by atoms with van der Waals surface area (Å²) in [6.07, 6.45) is 16.8. The summed E-state index contributed by atoms with van der Waals surface area (Å²) in [7, 11) is 1.45. The van der Waals surface area contributed by atoms with Crippen molar-refractivity contribution < 1.29 is 19.7 Å². The molecule has 0 aromatic carbocycles. The van der Waals surface area contributed by atoms with Crippen molar-refractivity contribution >= 4 is 5.97 Å². The molecule has 0 saturated carbocycles. The highest BCUT2D eigenvalue weighted by atomic mass is 16.5. The predicted octanol–water partition coefficient (Wildman–Crippen LogP) is 4.36.